The zero-order valence-electron chi connectivity index (χ0n) is 11.6. The standard InChI is InChI=1S/C15H21NO3/c1-3-11-6-4-5-9-16(11)15(18)13-10-12(19-2)7-8-14(13)17/h7-8,10-11,17H,3-6,9H2,1-2H3. The number of methoxy groups -OCH3 is 1. The summed E-state index contributed by atoms with van der Waals surface area (Å²) in [6.45, 7) is 2.87. The number of aromatic hydroxyl groups is 1. The smallest absolute Gasteiger partial charge is 0.257 e. The van der Waals surface area contributed by atoms with Gasteiger partial charge in [0.25, 0.3) is 5.91 Å². The van der Waals surface area contributed by atoms with Gasteiger partial charge < -0.3 is 14.7 Å². The number of amides is 1. The Morgan fingerprint density at radius 2 is 2.26 bits per heavy atom. The summed E-state index contributed by atoms with van der Waals surface area (Å²) in [4.78, 5) is 14.5. The molecule has 1 amide bonds. The van der Waals surface area contributed by atoms with Crippen LogP contribution >= 0.6 is 0 Å². The van der Waals surface area contributed by atoms with Gasteiger partial charge in [-0.2, -0.15) is 0 Å². The Balaban J connectivity index is 2.27. The summed E-state index contributed by atoms with van der Waals surface area (Å²) in [6.07, 6.45) is 4.21. The molecule has 0 saturated carbocycles. The summed E-state index contributed by atoms with van der Waals surface area (Å²) in [6, 6.07) is 5.06. The van der Waals surface area contributed by atoms with Crippen molar-refractivity contribution >= 4 is 5.91 Å². The number of phenolic OH excluding ortho intramolecular Hbond substituents is 1. The number of carbonyl (C=O) groups is 1. The SMILES string of the molecule is CCC1CCCCN1C(=O)c1cc(OC)ccc1O. The van der Waals surface area contributed by atoms with Crippen molar-refractivity contribution in [3.05, 3.63) is 23.8 Å². The van der Waals surface area contributed by atoms with Gasteiger partial charge in [0.2, 0.25) is 0 Å². The van der Waals surface area contributed by atoms with E-state index in [9.17, 15) is 9.90 Å². The Bertz CT molecular complexity index is 459. The van der Waals surface area contributed by atoms with Crippen LogP contribution in [0.25, 0.3) is 0 Å². The van der Waals surface area contributed by atoms with Gasteiger partial charge in [-0.05, 0) is 43.9 Å². The zero-order valence-corrected chi connectivity index (χ0v) is 11.6. The van der Waals surface area contributed by atoms with Gasteiger partial charge in [-0.15, -0.1) is 0 Å². The molecule has 1 N–H and O–H groups in total. The molecule has 1 unspecified atom stereocenters. The number of phenols is 1. The maximum Gasteiger partial charge on any atom is 0.257 e. The van der Waals surface area contributed by atoms with Crippen molar-refractivity contribution in [2.24, 2.45) is 0 Å². The van der Waals surface area contributed by atoms with E-state index >= 15 is 0 Å². The van der Waals surface area contributed by atoms with Crippen molar-refractivity contribution in [1.29, 1.82) is 0 Å². The molecule has 0 aromatic heterocycles. The highest BCUT2D eigenvalue weighted by Gasteiger charge is 2.27. The first-order chi connectivity index (χ1) is 9.17. The Kier molecular flexibility index (Phi) is 4.30. The number of hydrogen-bond acceptors (Lipinski definition) is 3. The summed E-state index contributed by atoms with van der Waals surface area (Å²) >= 11 is 0. The van der Waals surface area contributed by atoms with Crippen LogP contribution in [-0.2, 0) is 0 Å². The second-order valence-electron chi connectivity index (χ2n) is 4.94. The van der Waals surface area contributed by atoms with E-state index in [1.807, 2.05) is 4.90 Å². The number of nitrogens with zero attached hydrogens (tertiary/aromatic N) is 1. The van der Waals surface area contributed by atoms with Crippen LogP contribution in [0.3, 0.4) is 0 Å². The number of piperidine rings is 1. The van der Waals surface area contributed by atoms with Crippen LogP contribution in [0.1, 0.15) is 43.0 Å². The zero-order chi connectivity index (χ0) is 13.8. The van der Waals surface area contributed by atoms with Crippen LogP contribution in [0.2, 0.25) is 0 Å². The molecule has 104 valence electrons. The largest absolute Gasteiger partial charge is 0.507 e. The fourth-order valence-electron chi connectivity index (χ4n) is 2.66. The first kappa shape index (κ1) is 13.7. The molecule has 1 aliphatic rings. The van der Waals surface area contributed by atoms with Crippen LogP contribution < -0.4 is 4.74 Å². The molecule has 0 bridgehead atoms. The fourth-order valence-corrected chi connectivity index (χ4v) is 2.66. The molecule has 1 saturated heterocycles. The van der Waals surface area contributed by atoms with Crippen LogP contribution in [0.15, 0.2) is 18.2 Å². The number of rotatable bonds is 3. The van der Waals surface area contributed by atoms with Gasteiger partial charge >= 0.3 is 0 Å². The predicted molar refractivity (Wildman–Crippen MR) is 73.6 cm³/mol. The summed E-state index contributed by atoms with van der Waals surface area (Å²) in [5, 5.41) is 9.89. The fraction of sp³-hybridized carbons (Fsp3) is 0.533. The number of ether oxygens (including phenoxy) is 1. The Morgan fingerprint density at radius 3 is 2.95 bits per heavy atom. The van der Waals surface area contributed by atoms with Gasteiger partial charge in [0.1, 0.15) is 11.5 Å². The van der Waals surface area contributed by atoms with Crippen molar-refractivity contribution in [2.45, 2.75) is 38.6 Å². The molecule has 2 rings (SSSR count). The van der Waals surface area contributed by atoms with E-state index < -0.39 is 0 Å². The number of likely N-dealkylation sites (tertiary alicyclic amines) is 1. The molecule has 1 fully saturated rings. The van der Waals surface area contributed by atoms with E-state index in [1.165, 1.54) is 12.5 Å². The van der Waals surface area contributed by atoms with E-state index in [1.54, 1.807) is 19.2 Å². The molecule has 0 spiro atoms. The van der Waals surface area contributed by atoms with E-state index in [4.69, 9.17) is 4.74 Å². The Morgan fingerprint density at radius 1 is 1.47 bits per heavy atom. The van der Waals surface area contributed by atoms with E-state index in [-0.39, 0.29) is 17.7 Å². The van der Waals surface area contributed by atoms with Crippen LogP contribution in [0.4, 0.5) is 0 Å². The quantitative estimate of drug-likeness (QED) is 0.912. The monoisotopic (exact) mass is 263 g/mol. The second kappa shape index (κ2) is 5.95. The highest BCUT2D eigenvalue weighted by Crippen LogP contribution is 2.28. The summed E-state index contributed by atoms with van der Waals surface area (Å²) in [5.74, 6) is 0.514. The molecule has 0 aliphatic carbocycles. The minimum atomic E-state index is -0.0945. The highest BCUT2D eigenvalue weighted by atomic mass is 16.5. The molecule has 19 heavy (non-hydrogen) atoms. The van der Waals surface area contributed by atoms with E-state index in [0.29, 0.717) is 11.3 Å². The molecular weight excluding hydrogens is 242 g/mol. The summed E-state index contributed by atoms with van der Waals surface area (Å²) in [5.41, 5.74) is 0.333. The topological polar surface area (TPSA) is 49.8 Å². The maximum absolute atomic E-state index is 12.6. The van der Waals surface area contributed by atoms with Gasteiger partial charge in [-0.1, -0.05) is 6.92 Å². The number of benzene rings is 1. The lowest BCUT2D eigenvalue weighted by molar-refractivity contribution is 0.0604. The third kappa shape index (κ3) is 2.83. The van der Waals surface area contributed by atoms with Gasteiger partial charge in [0.05, 0.1) is 12.7 Å². The lowest BCUT2D eigenvalue weighted by Gasteiger charge is -2.35. The molecule has 1 aromatic carbocycles. The van der Waals surface area contributed by atoms with Crippen LogP contribution in [-0.4, -0.2) is 35.6 Å². The molecule has 1 heterocycles. The van der Waals surface area contributed by atoms with Crippen molar-refractivity contribution in [3.8, 4) is 11.5 Å². The normalized spacial score (nSPS) is 19.3. The average Bonchev–Trinajstić information content (AvgIpc) is 2.47. The molecule has 4 heteroatoms. The Hall–Kier alpha value is -1.71. The maximum atomic E-state index is 12.6. The second-order valence-corrected chi connectivity index (χ2v) is 4.94. The number of hydrogen-bond donors (Lipinski definition) is 1. The highest BCUT2D eigenvalue weighted by molar-refractivity contribution is 5.97. The minimum Gasteiger partial charge on any atom is -0.507 e. The third-order valence-electron chi connectivity index (χ3n) is 3.79. The predicted octanol–water partition coefficient (Wildman–Crippen LogP) is 2.81. The number of carbonyl (C=O) groups excluding carboxylic acids is 1. The van der Waals surface area contributed by atoms with Crippen molar-refractivity contribution in [3.63, 3.8) is 0 Å². The van der Waals surface area contributed by atoms with Crippen molar-refractivity contribution < 1.29 is 14.6 Å². The van der Waals surface area contributed by atoms with Gasteiger partial charge in [0.15, 0.2) is 0 Å². The minimum absolute atomic E-state index is 0.0197. The molecule has 1 atom stereocenters. The lowest BCUT2D eigenvalue weighted by Crippen LogP contribution is -2.43. The Labute approximate surface area is 114 Å². The molecule has 1 aliphatic heterocycles. The van der Waals surface area contributed by atoms with Gasteiger partial charge in [0, 0.05) is 12.6 Å². The first-order valence-electron chi connectivity index (χ1n) is 6.85. The van der Waals surface area contributed by atoms with Crippen LogP contribution in [0.5, 0.6) is 11.5 Å². The van der Waals surface area contributed by atoms with E-state index in [0.717, 1.165) is 25.8 Å². The molecular formula is C15H21NO3. The lowest BCUT2D eigenvalue weighted by atomic mass is 9.98. The average molecular weight is 263 g/mol. The van der Waals surface area contributed by atoms with Gasteiger partial charge in [-0.3, -0.25) is 4.79 Å². The van der Waals surface area contributed by atoms with Crippen molar-refractivity contribution in [1.82, 2.24) is 4.90 Å². The molecule has 0 radical (unpaired) electrons. The van der Waals surface area contributed by atoms with Crippen LogP contribution in [0, 0.1) is 0 Å². The van der Waals surface area contributed by atoms with Crippen molar-refractivity contribution in [2.75, 3.05) is 13.7 Å². The molecule has 1 aromatic rings. The summed E-state index contributed by atoms with van der Waals surface area (Å²) in [7, 11) is 1.55. The molecule has 4 nitrogen and oxygen atoms in total. The van der Waals surface area contributed by atoms with E-state index in [2.05, 4.69) is 6.92 Å². The summed E-state index contributed by atoms with van der Waals surface area (Å²) < 4.78 is 5.12. The van der Waals surface area contributed by atoms with Gasteiger partial charge in [-0.25, -0.2) is 0 Å². The third-order valence-corrected chi connectivity index (χ3v) is 3.79. The first-order valence-corrected chi connectivity index (χ1v) is 6.85.